The Morgan fingerprint density at radius 1 is 0.810 bits per heavy atom. The number of benzene rings is 2. The topological polar surface area (TPSA) is 41.3 Å². The number of aromatic nitrogens is 2. The van der Waals surface area contributed by atoms with Crippen molar-refractivity contribution < 1.29 is 9.50 Å². The van der Waals surface area contributed by atoms with Gasteiger partial charge in [-0.3, -0.25) is 9.88 Å². The highest BCUT2D eigenvalue weighted by molar-refractivity contribution is 6.82. The molecule has 1 saturated heterocycles. The van der Waals surface area contributed by atoms with Gasteiger partial charge in [0, 0.05) is 55.0 Å². The van der Waals surface area contributed by atoms with Crippen LogP contribution in [0.15, 0.2) is 85.3 Å². The Hall–Kier alpha value is -3.06. The number of likely N-dealkylation sites (tertiary alicyclic amines) is 1. The van der Waals surface area contributed by atoms with Gasteiger partial charge >= 0.3 is 0 Å². The molecule has 5 rings (SSSR count). The third-order valence-corrected chi connectivity index (χ3v) is 16.5. The Bertz CT molecular complexity index is 1440. The smallest absolute Gasteiger partial charge is 0.169 e. The lowest BCUT2D eigenvalue weighted by atomic mass is 9.81. The minimum absolute atomic E-state index is 0.243. The molecule has 222 valence electrons. The molecule has 0 atom stereocenters. The molecule has 0 bridgehead atoms. The van der Waals surface area contributed by atoms with Crippen LogP contribution in [0.1, 0.15) is 65.5 Å². The van der Waals surface area contributed by atoms with Gasteiger partial charge in [-0.2, -0.15) is 0 Å². The summed E-state index contributed by atoms with van der Waals surface area (Å²) in [5.41, 5.74) is 6.84. The summed E-state index contributed by atoms with van der Waals surface area (Å²) in [4.78, 5) is 6.77. The van der Waals surface area contributed by atoms with Gasteiger partial charge in [0.2, 0.25) is 0 Å². The van der Waals surface area contributed by atoms with Gasteiger partial charge in [-0.05, 0) is 82.6 Å². The lowest BCUT2D eigenvalue weighted by Crippen LogP contribution is -2.52. The van der Waals surface area contributed by atoms with Gasteiger partial charge in [0.25, 0.3) is 0 Å². The average molecular weight is 584 g/mol. The van der Waals surface area contributed by atoms with Crippen LogP contribution in [0.4, 0.5) is 4.39 Å². The maximum Gasteiger partial charge on any atom is 0.169 e. The molecule has 1 fully saturated rings. The van der Waals surface area contributed by atoms with E-state index in [1.807, 2.05) is 36.7 Å². The van der Waals surface area contributed by atoms with E-state index in [2.05, 4.69) is 92.2 Å². The monoisotopic (exact) mass is 583 g/mol. The van der Waals surface area contributed by atoms with Crippen molar-refractivity contribution in [2.24, 2.45) is 0 Å². The Morgan fingerprint density at radius 3 is 1.93 bits per heavy atom. The van der Waals surface area contributed by atoms with Crippen LogP contribution >= 0.6 is 0 Å². The van der Waals surface area contributed by atoms with E-state index in [1.54, 1.807) is 12.1 Å². The third kappa shape index (κ3) is 5.52. The van der Waals surface area contributed by atoms with Crippen molar-refractivity contribution in [1.82, 2.24) is 14.1 Å². The maximum absolute atomic E-state index is 14.2. The molecule has 0 amide bonds. The first kappa shape index (κ1) is 30.4. The van der Waals surface area contributed by atoms with E-state index >= 15 is 0 Å². The van der Waals surface area contributed by atoms with Crippen LogP contribution in [-0.2, 0) is 12.1 Å². The van der Waals surface area contributed by atoms with Crippen LogP contribution in [0.25, 0.3) is 22.4 Å². The van der Waals surface area contributed by atoms with Gasteiger partial charge < -0.3 is 9.34 Å². The summed E-state index contributed by atoms with van der Waals surface area (Å²) >= 11 is 0. The summed E-state index contributed by atoms with van der Waals surface area (Å²) in [5.74, 6) is -0.243. The minimum Gasteiger partial charge on any atom is -0.385 e. The molecule has 2 aromatic carbocycles. The lowest BCUT2D eigenvalue weighted by molar-refractivity contribution is -0.0272. The highest BCUT2D eigenvalue weighted by Crippen LogP contribution is 2.51. The van der Waals surface area contributed by atoms with Gasteiger partial charge in [0.05, 0.1) is 5.60 Å². The van der Waals surface area contributed by atoms with E-state index in [4.69, 9.17) is 0 Å². The molecule has 0 radical (unpaired) electrons. The fourth-order valence-electron chi connectivity index (χ4n) is 7.89. The first-order valence-electron chi connectivity index (χ1n) is 15.5. The van der Waals surface area contributed by atoms with Crippen molar-refractivity contribution in [1.29, 1.82) is 0 Å². The summed E-state index contributed by atoms with van der Waals surface area (Å²) in [6.07, 6.45) is 7.28. The van der Waals surface area contributed by atoms with Crippen molar-refractivity contribution in [2.75, 3.05) is 13.1 Å². The molecule has 4 aromatic rings. The van der Waals surface area contributed by atoms with Crippen molar-refractivity contribution >= 4 is 8.24 Å². The molecule has 4 nitrogen and oxygen atoms in total. The molecule has 1 aliphatic rings. The summed E-state index contributed by atoms with van der Waals surface area (Å²) in [6.45, 7) is 16.7. The molecule has 0 aliphatic carbocycles. The highest BCUT2D eigenvalue weighted by atomic mass is 28.3. The Balaban J connectivity index is 1.72. The highest BCUT2D eigenvalue weighted by Gasteiger charge is 2.48. The van der Waals surface area contributed by atoms with Gasteiger partial charge in [0.15, 0.2) is 8.24 Å². The van der Waals surface area contributed by atoms with E-state index < -0.39 is 13.8 Å². The predicted molar refractivity (Wildman–Crippen MR) is 174 cm³/mol. The number of piperidine rings is 1. The van der Waals surface area contributed by atoms with Gasteiger partial charge in [0.1, 0.15) is 5.82 Å². The quantitative estimate of drug-likeness (QED) is 0.200. The summed E-state index contributed by atoms with van der Waals surface area (Å²) in [6, 6.07) is 21.6. The van der Waals surface area contributed by atoms with E-state index in [-0.39, 0.29) is 5.82 Å². The zero-order valence-corrected chi connectivity index (χ0v) is 27.0. The van der Waals surface area contributed by atoms with Crippen LogP contribution < -0.4 is 0 Å². The Kier molecular flexibility index (Phi) is 8.88. The minimum atomic E-state index is -2.26. The number of hydrogen-bond acceptors (Lipinski definition) is 3. The SMILES string of the molecule is CC(C)[Si](C(C)C)(C(C)C)n1cc(C2(O)CCN(Cc3ccccc3)CC2)c(-c2ccncc2)c1-c1ccc(F)cc1. The zero-order chi connectivity index (χ0) is 30.1. The van der Waals surface area contributed by atoms with E-state index in [9.17, 15) is 9.50 Å². The van der Waals surface area contributed by atoms with Gasteiger partial charge in [-0.1, -0.05) is 71.9 Å². The van der Waals surface area contributed by atoms with Crippen molar-refractivity contribution in [2.45, 2.75) is 83.2 Å². The van der Waals surface area contributed by atoms with Crippen LogP contribution in [0, 0.1) is 5.82 Å². The van der Waals surface area contributed by atoms with Crippen molar-refractivity contribution in [3.8, 4) is 22.4 Å². The fraction of sp³-hybridized carbons (Fsp3) is 0.417. The molecular formula is C36H46FN3OSi. The normalized spacial score (nSPS) is 16.1. The number of pyridine rings is 1. The molecule has 1 aliphatic heterocycles. The molecular weight excluding hydrogens is 538 g/mol. The summed E-state index contributed by atoms with van der Waals surface area (Å²) in [7, 11) is -2.26. The molecule has 0 unspecified atom stereocenters. The predicted octanol–water partition coefficient (Wildman–Crippen LogP) is 8.86. The number of hydrogen-bond donors (Lipinski definition) is 1. The molecule has 1 N–H and O–H groups in total. The van der Waals surface area contributed by atoms with Crippen molar-refractivity contribution in [3.63, 3.8) is 0 Å². The second kappa shape index (κ2) is 12.3. The first-order chi connectivity index (χ1) is 20.1. The van der Waals surface area contributed by atoms with Crippen LogP contribution in [0.3, 0.4) is 0 Å². The maximum atomic E-state index is 14.2. The van der Waals surface area contributed by atoms with Crippen LogP contribution in [0.5, 0.6) is 0 Å². The summed E-state index contributed by atoms with van der Waals surface area (Å²) in [5, 5.41) is 12.6. The van der Waals surface area contributed by atoms with E-state index in [0.717, 1.165) is 47.6 Å². The van der Waals surface area contributed by atoms with Gasteiger partial charge in [-0.15, -0.1) is 0 Å². The third-order valence-electron chi connectivity index (χ3n) is 9.72. The number of nitrogens with zero attached hydrogens (tertiary/aromatic N) is 3. The zero-order valence-electron chi connectivity index (χ0n) is 26.0. The number of aliphatic hydroxyl groups is 1. The number of rotatable bonds is 9. The molecule has 6 heteroatoms. The fourth-order valence-corrected chi connectivity index (χ4v) is 14.5. The largest absolute Gasteiger partial charge is 0.385 e. The van der Waals surface area contributed by atoms with Crippen LogP contribution in [0.2, 0.25) is 16.6 Å². The van der Waals surface area contributed by atoms with E-state index in [1.165, 1.54) is 5.56 Å². The first-order valence-corrected chi connectivity index (χ1v) is 17.7. The molecule has 42 heavy (non-hydrogen) atoms. The number of halogens is 1. The molecule has 3 heterocycles. The average Bonchev–Trinajstić information content (AvgIpc) is 3.37. The van der Waals surface area contributed by atoms with Crippen LogP contribution in [-0.4, -0.2) is 40.5 Å². The second-order valence-corrected chi connectivity index (χ2v) is 18.7. The molecule has 2 aromatic heterocycles. The summed E-state index contributed by atoms with van der Waals surface area (Å²) < 4.78 is 16.8. The molecule has 0 saturated carbocycles. The molecule has 0 spiro atoms. The van der Waals surface area contributed by atoms with Crippen molar-refractivity contribution in [3.05, 3.63) is 102 Å². The Labute approximate surface area is 252 Å². The lowest BCUT2D eigenvalue weighted by Gasteiger charge is -2.45. The standard InChI is InChI=1S/C36H46FN3OSi/c1-26(2)42(27(3)4,28(5)6)40-25-33(36(41)18-22-39(23-19-36)24-29-10-8-7-9-11-29)34(30-16-20-38-21-17-30)35(40)31-12-14-32(37)15-13-31/h7-17,20-21,25-28,41H,18-19,22-24H2,1-6H3. The second-order valence-electron chi connectivity index (χ2n) is 13.0. The van der Waals surface area contributed by atoms with Gasteiger partial charge in [-0.25, -0.2) is 4.39 Å². The Morgan fingerprint density at radius 2 is 1.38 bits per heavy atom. The van der Waals surface area contributed by atoms with E-state index in [0.29, 0.717) is 29.5 Å².